The average molecular weight is 431 g/mol. The van der Waals surface area contributed by atoms with E-state index < -0.39 is 0 Å². The molecule has 7 nitrogen and oxygen atoms in total. The van der Waals surface area contributed by atoms with Crippen LogP contribution >= 0.6 is 0 Å². The Hall–Kier alpha value is -4.13. The summed E-state index contributed by atoms with van der Waals surface area (Å²) < 4.78 is 0. The van der Waals surface area contributed by atoms with Crippen molar-refractivity contribution >= 4 is 34.8 Å². The summed E-state index contributed by atoms with van der Waals surface area (Å²) in [7, 11) is 5.10. The number of carbonyl (C=O) groups is 3. The summed E-state index contributed by atoms with van der Waals surface area (Å²) in [5, 5.41) is 5.81. The molecule has 0 aromatic heterocycles. The molecule has 3 aromatic carbocycles. The van der Waals surface area contributed by atoms with Gasteiger partial charge in [-0.25, -0.2) is 0 Å². The van der Waals surface area contributed by atoms with Gasteiger partial charge in [-0.1, -0.05) is 24.3 Å². The van der Waals surface area contributed by atoms with Gasteiger partial charge in [0.2, 0.25) is 5.91 Å². The third-order valence-electron chi connectivity index (χ3n) is 4.83. The van der Waals surface area contributed by atoms with E-state index in [0.717, 1.165) is 5.69 Å². The molecule has 32 heavy (non-hydrogen) atoms. The highest BCUT2D eigenvalue weighted by molar-refractivity contribution is 6.06. The van der Waals surface area contributed by atoms with Crippen LogP contribution in [0.5, 0.6) is 0 Å². The van der Waals surface area contributed by atoms with Crippen LogP contribution in [-0.4, -0.2) is 50.3 Å². The maximum absolute atomic E-state index is 12.7. The lowest BCUT2D eigenvalue weighted by atomic mass is 10.1. The first-order chi connectivity index (χ1) is 15.3. The van der Waals surface area contributed by atoms with Crippen molar-refractivity contribution in [2.24, 2.45) is 0 Å². The molecule has 0 heterocycles. The monoisotopic (exact) mass is 430 g/mol. The Morgan fingerprint density at radius 3 is 2.06 bits per heavy atom. The number of nitrogens with zero attached hydrogens (tertiary/aromatic N) is 2. The second-order valence-corrected chi connectivity index (χ2v) is 7.46. The number of para-hydroxylation sites is 1. The van der Waals surface area contributed by atoms with Crippen LogP contribution in [0.1, 0.15) is 20.7 Å². The van der Waals surface area contributed by atoms with Crippen LogP contribution in [0, 0.1) is 0 Å². The van der Waals surface area contributed by atoms with Crippen LogP contribution in [0.25, 0.3) is 0 Å². The van der Waals surface area contributed by atoms with Gasteiger partial charge < -0.3 is 20.4 Å². The van der Waals surface area contributed by atoms with E-state index in [9.17, 15) is 14.4 Å². The molecule has 3 rings (SSSR count). The van der Waals surface area contributed by atoms with Crippen LogP contribution in [-0.2, 0) is 4.79 Å². The van der Waals surface area contributed by atoms with Crippen molar-refractivity contribution in [3.63, 3.8) is 0 Å². The lowest BCUT2D eigenvalue weighted by Gasteiger charge is -2.17. The van der Waals surface area contributed by atoms with Gasteiger partial charge in [-0.3, -0.25) is 14.4 Å². The lowest BCUT2D eigenvalue weighted by molar-refractivity contribution is -0.114. The molecule has 0 aliphatic heterocycles. The normalized spacial score (nSPS) is 10.2. The molecule has 0 aliphatic carbocycles. The largest absolute Gasteiger partial charge is 0.376 e. The minimum atomic E-state index is -0.241. The van der Waals surface area contributed by atoms with E-state index in [0.29, 0.717) is 22.5 Å². The van der Waals surface area contributed by atoms with Gasteiger partial charge in [0.05, 0.1) is 6.54 Å². The molecule has 3 amide bonds. The summed E-state index contributed by atoms with van der Waals surface area (Å²) in [6.45, 7) is 0.0387. The molecule has 0 saturated carbocycles. The highest BCUT2D eigenvalue weighted by Crippen LogP contribution is 2.17. The van der Waals surface area contributed by atoms with Crippen molar-refractivity contribution in [2.75, 3.05) is 43.2 Å². The van der Waals surface area contributed by atoms with Crippen molar-refractivity contribution in [2.45, 2.75) is 0 Å². The number of hydrogen-bond donors (Lipinski definition) is 2. The van der Waals surface area contributed by atoms with Crippen molar-refractivity contribution in [3.05, 3.63) is 90.0 Å². The molecule has 0 radical (unpaired) electrons. The molecular weight excluding hydrogens is 404 g/mol. The average Bonchev–Trinajstić information content (AvgIpc) is 2.82. The predicted molar refractivity (Wildman–Crippen MR) is 127 cm³/mol. The minimum Gasteiger partial charge on any atom is -0.376 e. The first kappa shape index (κ1) is 22.6. The van der Waals surface area contributed by atoms with Gasteiger partial charge in [-0.05, 0) is 54.6 Å². The lowest BCUT2D eigenvalue weighted by Crippen LogP contribution is -2.26. The van der Waals surface area contributed by atoms with Gasteiger partial charge in [0, 0.05) is 49.3 Å². The molecule has 0 fully saturated rings. The van der Waals surface area contributed by atoms with Crippen LogP contribution < -0.4 is 15.5 Å². The molecular formula is C25H26N4O3. The molecule has 164 valence electrons. The zero-order chi connectivity index (χ0) is 23.1. The number of hydrogen-bond acceptors (Lipinski definition) is 4. The zero-order valence-corrected chi connectivity index (χ0v) is 18.3. The van der Waals surface area contributed by atoms with Crippen molar-refractivity contribution in [1.29, 1.82) is 0 Å². The molecule has 7 heteroatoms. The highest BCUT2D eigenvalue weighted by Gasteiger charge is 2.13. The molecule has 2 N–H and O–H groups in total. The Labute approximate surface area is 187 Å². The number of carbonyl (C=O) groups excluding carboxylic acids is 3. The summed E-state index contributed by atoms with van der Waals surface area (Å²) in [6.07, 6.45) is 0. The fourth-order valence-corrected chi connectivity index (χ4v) is 3.07. The molecule has 0 saturated heterocycles. The number of rotatable bonds is 7. The number of amides is 3. The zero-order valence-electron chi connectivity index (χ0n) is 18.3. The van der Waals surface area contributed by atoms with E-state index in [1.165, 1.54) is 4.90 Å². The third-order valence-corrected chi connectivity index (χ3v) is 4.83. The van der Waals surface area contributed by atoms with E-state index in [-0.39, 0.29) is 24.3 Å². The smallest absolute Gasteiger partial charge is 0.258 e. The molecule has 0 spiro atoms. The molecule has 0 aliphatic rings. The van der Waals surface area contributed by atoms with Crippen LogP contribution in [0.3, 0.4) is 0 Å². The Morgan fingerprint density at radius 2 is 1.41 bits per heavy atom. The Balaban J connectivity index is 1.55. The predicted octanol–water partition coefficient (Wildman–Crippen LogP) is 3.72. The Kier molecular flexibility index (Phi) is 7.23. The Morgan fingerprint density at radius 1 is 0.719 bits per heavy atom. The number of nitrogens with one attached hydrogen (secondary N) is 2. The highest BCUT2D eigenvalue weighted by atomic mass is 16.2. The number of anilines is 3. The van der Waals surface area contributed by atoms with Crippen LogP contribution in [0.15, 0.2) is 78.9 Å². The van der Waals surface area contributed by atoms with Crippen LogP contribution in [0.4, 0.5) is 17.1 Å². The fraction of sp³-hybridized carbons (Fsp3) is 0.160. The van der Waals surface area contributed by atoms with Crippen molar-refractivity contribution in [1.82, 2.24) is 4.90 Å². The second-order valence-electron chi connectivity index (χ2n) is 7.46. The standard InChI is InChI=1S/C25H26N4O3/c1-28(2)24(31)19-8-7-9-21(16-19)26-17-23(30)27-20-14-12-18(13-15-20)25(32)29(3)22-10-5-4-6-11-22/h4-16,26H,17H2,1-3H3,(H,27,30). The summed E-state index contributed by atoms with van der Waals surface area (Å²) in [6, 6.07) is 23.1. The first-order valence-corrected chi connectivity index (χ1v) is 10.1. The summed E-state index contributed by atoms with van der Waals surface area (Å²) in [5.74, 6) is -0.483. The van der Waals surface area contributed by atoms with Crippen LogP contribution in [0.2, 0.25) is 0 Å². The first-order valence-electron chi connectivity index (χ1n) is 10.1. The van der Waals surface area contributed by atoms with E-state index in [2.05, 4.69) is 10.6 Å². The SMILES string of the molecule is CN(C)C(=O)c1cccc(NCC(=O)Nc2ccc(C(=O)N(C)c3ccccc3)cc2)c1. The maximum Gasteiger partial charge on any atom is 0.258 e. The third kappa shape index (κ3) is 5.72. The van der Waals surface area contributed by atoms with Gasteiger partial charge in [-0.2, -0.15) is 0 Å². The Bertz CT molecular complexity index is 1100. The second kappa shape index (κ2) is 10.3. The van der Waals surface area contributed by atoms with Gasteiger partial charge in [0.1, 0.15) is 0 Å². The molecule has 0 bridgehead atoms. The van der Waals surface area contributed by atoms with E-state index in [4.69, 9.17) is 0 Å². The van der Waals surface area contributed by atoms with E-state index in [1.807, 2.05) is 30.3 Å². The number of benzene rings is 3. The topological polar surface area (TPSA) is 81.8 Å². The minimum absolute atomic E-state index is 0.0387. The fourth-order valence-electron chi connectivity index (χ4n) is 3.07. The maximum atomic E-state index is 12.7. The summed E-state index contributed by atoms with van der Waals surface area (Å²) in [5.41, 5.74) is 3.14. The van der Waals surface area contributed by atoms with Crippen molar-refractivity contribution in [3.8, 4) is 0 Å². The van der Waals surface area contributed by atoms with Crippen molar-refractivity contribution < 1.29 is 14.4 Å². The molecule has 0 atom stereocenters. The van der Waals surface area contributed by atoms with Gasteiger partial charge in [-0.15, -0.1) is 0 Å². The quantitative estimate of drug-likeness (QED) is 0.599. The summed E-state index contributed by atoms with van der Waals surface area (Å²) in [4.78, 5) is 40.1. The molecule has 3 aromatic rings. The van der Waals surface area contributed by atoms with Gasteiger partial charge in [0.15, 0.2) is 0 Å². The molecule has 0 unspecified atom stereocenters. The van der Waals surface area contributed by atoms with Gasteiger partial charge >= 0.3 is 0 Å². The van der Waals surface area contributed by atoms with Gasteiger partial charge in [0.25, 0.3) is 11.8 Å². The summed E-state index contributed by atoms with van der Waals surface area (Å²) >= 11 is 0. The van der Waals surface area contributed by atoms with E-state index in [1.54, 1.807) is 74.6 Å². The van der Waals surface area contributed by atoms with E-state index >= 15 is 0 Å².